The van der Waals surface area contributed by atoms with Crippen LogP contribution in [0.15, 0.2) is 84.9 Å². The van der Waals surface area contributed by atoms with Crippen molar-refractivity contribution in [3.63, 3.8) is 0 Å². The molecule has 1 aliphatic carbocycles. The van der Waals surface area contributed by atoms with Crippen LogP contribution in [0.1, 0.15) is 89.8 Å². The minimum absolute atomic E-state index is 0.0772. The first-order chi connectivity index (χ1) is 34.9. The number of ether oxygens (including phenoxy) is 3. The summed E-state index contributed by atoms with van der Waals surface area (Å²) in [5.74, 6) is -3.28. The SMILES string of the molecule is CC[C@H](C)[C@@H]([C@@H](CC(=O)N1CCC[C@H]1[C@H](OC)[C@@H](C)C(=O)N[C@@H](Cc1ccccc1)C(=O)Nc1ccc(CNC(=O)OCc2ccccc2)cc1)OC)N(C)C(=O)[C@@H](NC(=O)C1C2CC(C2)N1C(=O)O)C(C)C. The highest BCUT2D eigenvalue weighted by Crippen LogP contribution is 2.46. The average Bonchev–Trinajstić information content (AvgIpc) is 4.12. The molecule has 396 valence electrons. The number of alkyl carbamates (subject to hydrolysis) is 1. The molecule has 3 aromatic carbocycles. The standard InChI is InChI=1S/C55H75N7O11/c1-9-34(4)47(60(6)53(67)46(33(2)3)59-52(66)48-39-28-41(29-39)62(48)55(69)70)44(71-7)30-45(63)61-26-16-21-43(61)49(72-8)35(5)50(64)58-42(27-36-17-12-10-13-18-36)51(65)57-40-24-22-37(23-25-40)31-56-54(68)73-32-38-19-14-11-15-20-38/h10-15,17-20,22-25,33-35,39,41-44,46-49H,9,16,21,26-32H2,1-8H3,(H,56,68)(H,57,65)(H,58,64)(H,59,66)(H,69,70)/t34-,35+,39?,41?,42-,43-,44+,46-,47-,48?,49+/m0/s1. The van der Waals surface area contributed by atoms with Crippen LogP contribution in [0.2, 0.25) is 0 Å². The van der Waals surface area contributed by atoms with Crippen LogP contribution in [0.5, 0.6) is 0 Å². The molecular weight excluding hydrogens is 935 g/mol. The first kappa shape index (κ1) is 55.8. The van der Waals surface area contributed by atoms with Gasteiger partial charge in [-0.3, -0.25) is 28.9 Å². The van der Waals surface area contributed by atoms with Crippen molar-refractivity contribution in [3.8, 4) is 0 Å². The number of hydrogen-bond donors (Lipinski definition) is 5. The number of hydrogen-bond acceptors (Lipinski definition) is 10. The van der Waals surface area contributed by atoms with Crippen molar-refractivity contribution in [1.29, 1.82) is 0 Å². The van der Waals surface area contributed by atoms with E-state index in [1.807, 2.05) is 88.4 Å². The number of rotatable bonds is 24. The van der Waals surface area contributed by atoms with Gasteiger partial charge in [-0.1, -0.05) is 114 Å². The summed E-state index contributed by atoms with van der Waals surface area (Å²) in [4.78, 5) is 99.8. The minimum Gasteiger partial charge on any atom is -0.465 e. The quantitative estimate of drug-likeness (QED) is 0.0702. The third kappa shape index (κ3) is 14.0. The van der Waals surface area contributed by atoms with E-state index in [9.17, 15) is 38.7 Å². The first-order valence-corrected chi connectivity index (χ1v) is 25.6. The van der Waals surface area contributed by atoms with Gasteiger partial charge in [0, 0.05) is 52.5 Å². The van der Waals surface area contributed by atoms with Crippen LogP contribution < -0.4 is 21.3 Å². The Morgan fingerprint density at radius 2 is 1.45 bits per heavy atom. The molecule has 4 aliphatic rings. The lowest BCUT2D eigenvalue weighted by Crippen LogP contribution is -2.59. The lowest BCUT2D eigenvalue weighted by atomic mass is 9.82. The third-order valence-electron chi connectivity index (χ3n) is 15.1. The Morgan fingerprint density at radius 3 is 2.04 bits per heavy atom. The summed E-state index contributed by atoms with van der Waals surface area (Å²) in [6, 6.07) is 21.7. The summed E-state index contributed by atoms with van der Waals surface area (Å²) < 4.78 is 17.4. The predicted octanol–water partition coefficient (Wildman–Crippen LogP) is 5.98. The monoisotopic (exact) mass is 1010 g/mol. The molecule has 4 fully saturated rings. The van der Waals surface area contributed by atoms with E-state index in [0.29, 0.717) is 44.3 Å². The molecule has 0 aromatic heterocycles. The van der Waals surface area contributed by atoms with Gasteiger partial charge in [0.05, 0.1) is 36.6 Å². The van der Waals surface area contributed by atoms with E-state index in [1.165, 1.54) is 19.1 Å². The molecule has 7 amide bonds. The van der Waals surface area contributed by atoms with Gasteiger partial charge in [0.15, 0.2) is 0 Å². The number of nitrogens with one attached hydrogen (secondary N) is 4. The van der Waals surface area contributed by atoms with Crippen LogP contribution in [0, 0.1) is 23.7 Å². The first-order valence-electron chi connectivity index (χ1n) is 25.6. The average molecular weight is 1010 g/mol. The zero-order valence-electron chi connectivity index (χ0n) is 43.5. The second kappa shape index (κ2) is 25.9. The smallest absolute Gasteiger partial charge is 0.408 e. The topological polar surface area (TPSA) is 225 Å². The van der Waals surface area contributed by atoms with Crippen molar-refractivity contribution in [1.82, 2.24) is 30.7 Å². The summed E-state index contributed by atoms with van der Waals surface area (Å²) in [6.07, 6.45) is 0.0834. The largest absolute Gasteiger partial charge is 0.465 e. The highest BCUT2D eigenvalue weighted by molar-refractivity contribution is 5.98. The van der Waals surface area contributed by atoms with Gasteiger partial charge in [-0.15, -0.1) is 0 Å². The van der Waals surface area contributed by atoms with Gasteiger partial charge in [-0.2, -0.15) is 0 Å². The second-order valence-corrected chi connectivity index (χ2v) is 20.2. The highest BCUT2D eigenvalue weighted by atomic mass is 16.5. The molecule has 9 atom stereocenters. The zero-order chi connectivity index (χ0) is 52.9. The fourth-order valence-electron chi connectivity index (χ4n) is 10.7. The number of carbonyl (C=O) groups is 7. The fourth-order valence-corrected chi connectivity index (χ4v) is 10.7. The van der Waals surface area contributed by atoms with E-state index in [4.69, 9.17) is 14.2 Å². The molecule has 3 aromatic rings. The molecule has 0 radical (unpaired) electrons. The van der Waals surface area contributed by atoms with Gasteiger partial charge in [-0.25, -0.2) is 9.59 Å². The number of carbonyl (C=O) groups excluding carboxylic acids is 6. The minimum atomic E-state index is -1.14. The lowest BCUT2D eigenvalue weighted by molar-refractivity contribution is -0.148. The van der Waals surface area contributed by atoms with Crippen LogP contribution in [0.3, 0.4) is 0 Å². The summed E-state index contributed by atoms with van der Waals surface area (Å²) >= 11 is 0. The van der Waals surface area contributed by atoms with Gasteiger partial charge in [-0.05, 0) is 72.3 Å². The molecule has 7 rings (SSSR count). The zero-order valence-corrected chi connectivity index (χ0v) is 43.5. The second-order valence-electron chi connectivity index (χ2n) is 20.2. The van der Waals surface area contributed by atoms with Crippen LogP contribution in [0.25, 0.3) is 0 Å². The molecule has 73 heavy (non-hydrogen) atoms. The molecule has 2 bridgehead atoms. The number of carboxylic acid groups (broad SMARTS) is 1. The number of likely N-dealkylation sites (N-methyl/N-ethyl adjacent to an activating group) is 1. The molecule has 3 aliphatic heterocycles. The maximum absolute atomic E-state index is 14.5. The van der Waals surface area contributed by atoms with E-state index in [2.05, 4.69) is 21.3 Å². The van der Waals surface area contributed by atoms with Crippen LogP contribution in [-0.4, -0.2) is 138 Å². The molecule has 1 unspecified atom stereocenters. The Balaban J connectivity index is 1.09. The van der Waals surface area contributed by atoms with Crippen molar-refractivity contribution in [2.45, 2.75) is 141 Å². The summed E-state index contributed by atoms with van der Waals surface area (Å²) in [5, 5.41) is 21.4. The molecular formula is C55H75N7O11. The molecule has 3 saturated heterocycles. The van der Waals surface area contributed by atoms with Crippen LogP contribution >= 0.6 is 0 Å². The molecule has 18 nitrogen and oxygen atoms in total. The van der Waals surface area contributed by atoms with Crippen molar-refractivity contribution in [2.24, 2.45) is 23.7 Å². The van der Waals surface area contributed by atoms with Gasteiger partial charge in [0.25, 0.3) is 0 Å². The lowest BCUT2D eigenvalue weighted by Gasteiger charge is -2.41. The van der Waals surface area contributed by atoms with Crippen LogP contribution in [0.4, 0.5) is 15.3 Å². The summed E-state index contributed by atoms with van der Waals surface area (Å²) in [7, 11) is 4.67. The molecule has 1 saturated carbocycles. The van der Waals surface area contributed by atoms with Gasteiger partial charge in [0.2, 0.25) is 29.5 Å². The molecule has 5 N–H and O–H groups in total. The molecule has 18 heteroatoms. The van der Waals surface area contributed by atoms with Crippen molar-refractivity contribution < 1.29 is 52.9 Å². The molecule has 3 heterocycles. The van der Waals surface area contributed by atoms with Crippen molar-refractivity contribution in [3.05, 3.63) is 102 Å². The Kier molecular flexibility index (Phi) is 19.8. The van der Waals surface area contributed by atoms with Crippen molar-refractivity contribution >= 4 is 47.4 Å². The van der Waals surface area contributed by atoms with E-state index < -0.39 is 78.2 Å². The van der Waals surface area contributed by atoms with E-state index in [0.717, 1.165) is 16.7 Å². The summed E-state index contributed by atoms with van der Waals surface area (Å²) in [6.45, 7) is 10.1. The fraction of sp³-hybridized carbons (Fsp3) is 0.545. The van der Waals surface area contributed by atoms with Crippen molar-refractivity contribution in [2.75, 3.05) is 33.1 Å². The maximum atomic E-state index is 14.5. The number of benzene rings is 3. The third-order valence-corrected chi connectivity index (χ3v) is 15.1. The Bertz CT molecular complexity index is 2350. The Morgan fingerprint density at radius 1 is 0.808 bits per heavy atom. The normalized spacial score (nSPS) is 20.8. The van der Waals surface area contributed by atoms with Gasteiger partial charge < -0.3 is 50.4 Å². The number of amides is 7. The maximum Gasteiger partial charge on any atom is 0.408 e. The van der Waals surface area contributed by atoms with Crippen LogP contribution in [-0.2, 0) is 57.8 Å². The molecule has 0 spiro atoms. The number of fused-ring (bicyclic) bond motifs is 1. The highest BCUT2D eigenvalue weighted by Gasteiger charge is 2.56. The van der Waals surface area contributed by atoms with E-state index in [-0.39, 0.29) is 61.6 Å². The van der Waals surface area contributed by atoms with E-state index >= 15 is 0 Å². The summed E-state index contributed by atoms with van der Waals surface area (Å²) in [5.41, 5.74) is 2.98. The van der Waals surface area contributed by atoms with E-state index in [1.54, 1.807) is 48.0 Å². The Hall–Kier alpha value is -6.53. The van der Waals surface area contributed by atoms with Gasteiger partial charge >= 0.3 is 12.2 Å². The number of anilines is 1. The predicted molar refractivity (Wildman–Crippen MR) is 274 cm³/mol. The number of likely N-dealkylation sites (tertiary alicyclic amines) is 1. The Labute approximate surface area is 429 Å². The van der Waals surface area contributed by atoms with Gasteiger partial charge in [0.1, 0.15) is 24.7 Å². The number of methoxy groups -OCH3 is 2. The number of nitrogens with zero attached hydrogens (tertiary/aromatic N) is 3.